The molecule has 3 N–H and O–H groups in total. The van der Waals surface area contributed by atoms with Gasteiger partial charge >= 0.3 is 11.7 Å². The standard InChI is InChI=1S/C19H16BrN3O4/c20-13-2-4-14(5-3-13)23-19(26)21-10-9-17(24)22-15-6-7-16-12(11-15)1-8-18(25)27-16/h1-8,11H,9-10H2,(H,22,24)(H2,21,23,26). The van der Waals surface area contributed by atoms with E-state index in [1.165, 1.54) is 6.07 Å². The van der Waals surface area contributed by atoms with Gasteiger partial charge in [-0.05, 0) is 48.5 Å². The first-order valence-electron chi connectivity index (χ1n) is 8.14. The van der Waals surface area contributed by atoms with Crippen LogP contribution in [0.1, 0.15) is 6.42 Å². The lowest BCUT2D eigenvalue weighted by Crippen LogP contribution is -2.31. The molecule has 3 rings (SSSR count). The molecular formula is C19H16BrN3O4. The summed E-state index contributed by atoms with van der Waals surface area (Å²) in [5, 5.41) is 8.76. The van der Waals surface area contributed by atoms with Crippen LogP contribution in [-0.2, 0) is 4.79 Å². The smallest absolute Gasteiger partial charge is 0.336 e. The molecule has 27 heavy (non-hydrogen) atoms. The summed E-state index contributed by atoms with van der Waals surface area (Å²) in [7, 11) is 0. The molecule has 0 aliphatic heterocycles. The topological polar surface area (TPSA) is 100 Å². The third-order valence-electron chi connectivity index (χ3n) is 3.64. The lowest BCUT2D eigenvalue weighted by Gasteiger charge is -2.09. The maximum atomic E-state index is 12.0. The van der Waals surface area contributed by atoms with Crippen molar-refractivity contribution in [3.8, 4) is 0 Å². The van der Waals surface area contributed by atoms with Crippen molar-refractivity contribution in [2.45, 2.75) is 6.42 Å². The van der Waals surface area contributed by atoms with E-state index in [0.29, 0.717) is 22.3 Å². The van der Waals surface area contributed by atoms with Crippen molar-refractivity contribution in [1.82, 2.24) is 5.32 Å². The third-order valence-corrected chi connectivity index (χ3v) is 4.17. The summed E-state index contributed by atoms with van der Waals surface area (Å²) in [6.07, 6.45) is 0.121. The number of carbonyl (C=O) groups is 2. The number of halogens is 1. The molecule has 0 spiro atoms. The molecule has 7 nitrogen and oxygen atoms in total. The van der Waals surface area contributed by atoms with Gasteiger partial charge in [0.15, 0.2) is 0 Å². The van der Waals surface area contributed by atoms with Crippen LogP contribution in [0.3, 0.4) is 0 Å². The number of nitrogens with one attached hydrogen (secondary N) is 3. The Morgan fingerprint density at radius 3 is 2.44 bits per heavy atom. The van der Waals surface area contributed by atoms with Crippen LogP contribution in [0.25, 0.3) is 11.0 Å². The van der Waals surface area contributed by atoms with Gasteiger partial charge < -0.3 is 20.4 Å². The van der Waals surface area contributed by atoms with Gasteiger partial charge in [-0.3, -0.25) is 4.79 Å². The summed E-state index contributed by atoms with van der Waals surface area (Å²) in [6.45, 7) is 0.191. The highest BCUT2D eigenvalue weighted by atomic mass is 79.9. The van der Waals surface area contributed by atoms with Crippen molar-refractivity contribution >= 4 is 50.2 Å². The minimum absolute atomic E-state index is 0.121. The number of fused-ring (bicyclic) bond motifs is 1. The molecule has 0 unspecified atom stereocenters. The fourth-order valence-corrected chi connectivity index (χ4v) is 2.64. The number of hydrogen-bond acceptors (Lipinski definition) is 4. The Bertz CT molecular complexity index is 1030. The summed E-state index contributed by atoms with van der Waals surface area (Å²) in [5.74, 6) is -0.240. The maximum absolute atomic E-state index is 12.0. The summed E-state index contributed by atoms with van der Waals surface area (Å²) >= 11 is 3.32. The van der Waals surface area contributed by atoms with Gasteiger partial charge in [0.05, 0.1) is 0 Å². The van der Waals surface area contributed by atoms with Gasteiger partial charge in [-0.1, -0.05) is 15.9 Å². The van der Waals surface area contributed by atoms with E-state index in [-0.39, 0.29) is 24.9 Å². The van der Waals surface area contributed by atoms with Crippen LogP contribution in [0.5, 0.6) is 0 Å². The molecule has 0 aliphatic carbocycles. The fourth-order valence-electron chi connectivity index (χ4n) is 2.37. The zero-order valence-electron chi connectivity index (χ0n) is 14.1. The van der Waals surface area contributed by atoms with Crippen molar-refractivity contribution in [1.29, 1.82) is 0 Å². The molecule has 8 heteroatoms. The van der Waals surface area contributed by atoms with Crippen LogP contribution in [0.2, 0.25) is 0 Å². The van der Waals surface area contributed by atoms with E-state index in [2.05, 4.69) is 31.9 Å². The van der Waals surface area contributed by atoms with Crippen molar-refractivity contribution in [3.63, 3.8) is 0 Å². The maximum Gasteiger partial charge on any atom is 0.336 e. The molecule has 1 aromatic heterocycles. The first kappa shape index (κ1) is 18.7. The zero-order chi connectivity index (χ0) is 19.2. The van der Waals surface area contributed by atoms with Gasteiger partial charge in [-0.25, -0.2) is 9.59 Å². The minimum Gasteiger partial charge on any atom is -0.423 e. The predicted octanol–water partition coefficient (Wildman–Crippen LogP) is 3.71. The number of hydrogen-bond donors (Lipinski definition) is 3. The number of rotatable bonds is 5. The molecule has 138 valence electrons. The summed E-state index contributed by atoms with van der Waals surface area (Å²) < 4.78 is 5.96. The summed E-state index contributed by atoms with van der Waals surface area (Å²) in [5.41, 5.74) is 1.27. The molecule has 0 aliphatic rings. The molecule has 0 atom stereocenters. The first-order valence-corrected chi connectivity index (χ1v) is 8.93. The van der Waals surface area contributed by atoms with E-state index >= 15 is 0 Å². The quantitative estimate of drug-likeness (QED) is 0.538. The largest absolute Gasteiger partial charge is 0.423 e. The van der Waals surface area contributed by atoms with E-state index < -0.39 is 5.63 Å². The minimum atomic E-state index is -0.424. The lowest BCUT2D eigenvalue weighted by atomic mass is 10.2. The van der Waals surface area contributed by atoms with E-state index in [4.69, 9.17) is 4.42 Å². The van der Waals surface area contributed by atoms with Crippen molar-refractivity contribution in [3.05, 3.63) is 69.5 Å². The highest BCUT2D eigenvalue weighted by Gasteiger charge is 2.06. The molecular weight excluding hydrogens is 414 g/mol. The number of urea groups is 1. The summed E-state index contributed by atoms with van der Waals surface area (Å²) in [4.78, 5) is 35.0. The first-order chi connectivity index (χ1) is 13.0. The number of anilines is 2. The Balaban J connectivity index is 1.46. The molecule has 1 heterocycles. The molecule has 2 aromatic carbocycles. The number of carbonyl (C=O) groups excluding carboxylic acids is 2. The second-order valence-electron chi connectivity index (χ2n) is 5.69. The van der Waals surface area contributed by atoms with Gasteiger partial charge in [-0.2, -0.15) is 0 Å². The third kappa shape index (κ3) is 5.42. The SMILES string of the molecule is O=C(CCNC(=O)Nc1ccc(Br)cc1)Nc1ccc2oc(=O)ccc2c1. The van der Waals surface area contributed by atoms with Gasteiger partial charge in [0.25, 0.3) is 0 Å². The van der Waals surface area contributed by atoms with E-state index in [1.807, 2.05) is 12.1 Å². The average Bonchev–Trinajstić information content (AvgIpc) is 2.64. The molecule has 0 fully saturated rings. The second-order valence-corrected chi connectivity index (χ2v) is 6.61. The van der Waals surface area contributed by atoms with Crippen LogP contribution < -0.4 is 21.6 Å². The Kier molecular flexibility index (Phi) is 5.87. The van der Waals surface area contributed by atoms with E-state index in [0.717, 1.165) is 4.47 Å². The highest BCUT2D eigenvalue weighted by molar-refractivity contribution is 9.10. The monoisotopic (exact) mass is 429 g/mol. The number of benzene rings is 2. The Morgan fingerprint density at radius 2 is 1.67 bits per heavy atom. The fraction of sp³-hybridized carbons (Fsp3) is 0.105. The molecule has 0 saturated heterocycles. The second kappa shape index (κ2) is 8.50. The Labute approximate surface area is 162 Å². The van der Waals surface area contributed by atoms with Crippen LogP contribution in [0.15, 0.2) is 68.3 Å². The van der Waals surface area contributed by atoms with Crippen LogP contribution in [0, 0.1) is 0 Å². The van der Waals surface area contributed by atoms with E-state index in [9.17, 15) is 14.4 Å². The molecule has 3 aromatic rings. The molecule has 0 saturated carbocycles. The lowest BCUT2D eigenvalue weighted by molar-refractivity contribution is -0.116. The van der Waals surface area contributed by atoms with Gasteiger partial charge in [0.1, 0.15) is 5.58 Å². The zero-order valence-corrected chi connectivity index (χ0v) is 15.7. The van der Waals surface area contributed by atoms with Crippen LogP contribution in [0.4, 0.5) is 16.2 Å². The Morgan fingerprint density at radius 1 is 0.926 bits per heavy atom. The Hall–Kier alpha value is -3.13. The van der Waals surface area contributed by atoms with Crippen molar-refractivity contribution < 1.29 is 14.0 Å². The molecule has 0 radical (unpaired) electrons. The van der Waals surface area contributed by atoms with Gasteiger partial charge in [0.2, 0.25) is 5.91 Å². The van der Waals surface area contributed by atoms with Crippen molar-refractivity contribution in [2.75, 3.05) is 17.2 Å². The normalized spacial score (nSPS) is 10.4. The average molecular weight is 430 g/mol. The van der Waals surface area contributed by atoms with Crippen LogP contribution in [-0.4, -0.2) is 18.5 Å². The molecule has 3 amide bonds. The summed E-state index contributed by atoms with van der Waals surface area (Å²) in [6, 6.07) is 14.7. The molecule has 0 bridgehead atoms. The van der Waals surface area contributed by atoms with E-state index in [1.54, 1.807) is 36.4 Å². The van der Waals surface area contributed by atoms with Crippen molar-refractivity contribution in [2.24, 2.45) is 0 Å². The number of amides is 3. The highest BCUT2D eigenvalue weighted by Crippen LogP contribution is 2.17. The van der Waals surface area contributed by atoms with Crippen LogP contribution >= 0.6 is 15.9 Å². The van der Waals surface area contributed by atoms with Gasteiger partial charge in [0, 0.05) is 40.3 Å². The van der Waals surface area contributed by atoms with Gasteiger partial charge in [-0.15, -0.1) is 0 Å². The predicted molar refractivity (Wildman–Crippen MR) is 107 cm³/mol.